The number of nitrogens with two attached hydrogens (primary N) is 1. The maximum absolute atomic E-state index is 12.7. The van der Waals surface area contributed by atoms with Crippen molar-refractivity contribution in [1.29, 1.82) is 0 Å². The van der Waals surface area contributed by atoms with Gasteiger partial charge in [0.2, 0.25) is 0 Å². The Labute approximate surface area is 154 Å². The summed E-state index contributed by atoms with van der Waals surface area (Å²) in [4.78, 5) is 19.1. The minimum absolute atomic E-state index is 0.000777. The van der Waals surface area contributed by atoms with E-state index in [1.807, 2.05) is 16.3 Å². The lowest BCUT2D eigenvalue weighted by Crippen LogP contribution is -2.33. The smallest absolute Gasteiger partial charge is 0.273 e. The maximum atomic E-state index is 12.7. The van der Waals surface area contributed by atoms with Crippen LogP contribution in [-0.4, -0.2) is 34.9 Å². The van der Waals surface area contributed by atoms with Gasteiger partial charge in [0.05, 0.1) is 10.0 Å². The molecule has 2 heterocycles. The van der Waals surface area contributed by atoms with Gasteiger partial charge in [-0.2, -0.15) is 0 Å². The van der Waals surface area contributed by atoms with Gasteiger partial charge in [0.25, 0.3) is 5.91 Å². The van der Waals surface area contributed by atoms with Crippen LogP contribution in [0.25, 0.3) is 10.6 Å². The molecule has 3 unspecified atom stereocenters. The highest BCUT2D eigenvalue weighted by molar-refractivity contribution is 7.13. The molecule has 1 saturated carbocycles. The highest BCUT2D eigenvalue weighted by atomic mass is 35.5. The largest absolute Gasteiger partial charge is 0.337 e. The molecule has 4 nitrogen and oxygen atoms in total. The maximum Gasteiger partial charge on any atom is 0.273 e. The van der Waals surface area contributed by atoms with Crippen molar-refractivity contribution in [2.75, 3.05) is 13.1 Å². The first-order valence-electron chi connectivity index (χ1n) is 7.98. The van der Waals surface area contributed by atoms with Gasteiger partial charge >= 0.3 is 0 Å². The SMILES string of the molecule is NC1CCC2CN(C(=O)c3csc(-c4ccc(Cl)c(Cl)c4)n3)CC12. The number of nitrogens with zero attached hydrogens (tertiary/aromatic N) is 2. The summed E-state index contributed by atoms with van der Waals surface area (Å²) in [6.45, 7) is 1.56. The highest BCUT2D eigenvalue weighted by Crippen LogP contribution is 2.38. The Morgan fingerprint density at radius 2 is 2.08 bits per heavy atom. The molecule has 4 rings (SSSR count). The van der Waals surface area contributed by atoms with E-state index in [0.717, 1.165) is 36.5 Å². The standard InChI is InChI=1S/C17H17Cl2N3OS/c18-12-3-1-9(5-13(12)19)16-21-15(8-24-16)17(23)22-6-10-2-4-14(20)11(10)7-22/h1,3,5,8,10-11,14H,2,4,6-7,20H2. The number of aromatic nitrogens is 1. The van der Waals surface area contributed by atoms with Crippen LogP contribution in [-0.2, 0) is 0 Å². The Bertz CT molecular complexity index is 794. The van der Waals surface area contributed by atoms with Gasteiger partial charge in [0.1, 0.15) is 10.7 Å². The third-order valence-corrected chi connectivity index (χ3v) is 6.72. The summed E-state index contributed by atoms with van der Waals surface area (Å²) in [6.07, 6.45) is 2.21. The van der Waals surface area contributed by atoms with Crippen LogP contribution in [0.5, 0.6) is 0 Å². The number of amides is 1. The van der Waals surface area contributed by atoms with Crippen LogP contribution in [0.15, 0.2) is 23.6 Å². The van der Waals surface area contributed by atoms with Crippen molar-refractivity contribution in [2.24, 2.45) is 17.6 Å². The van der Waals surface area contributed by atoms with E-state index < -0.39 is 0 Å². The first kappa shape index (κ1) is 16.3. The Hall–Kier alpha value is -1.14. The number of carbonyl (C=O) groups is 1. The van der Waals surface area contributed by atoms with E-state index in [2.05, 4.69) is 4.98 Å². The molecule has 3 atom stereocenters. The van der Waals surface area contributed by atoms with Gasteiger partial charge in [0.15, 0.2) is 0 Å². The van der Waals surface area contributed by atoms with E-state index in [1.165, 1.54) is 11.3 Å². The molecule has 2 fully saturated rings. The van der Waals surface area contributed by atoms with Crippen molar-refractivity contribution in [2.45, 2.75) is 18.9 Å². The minimum atomic E-state index is -0.000777. The fourth-order valence-electron chi connectivity index (χ4n) is 3.77. The summed E-state index contributed by atoms with van der Waals surface area (Å²) in [5.41, 5.74) is 7.52. The predicted molar refractivity (Wildman–Crippen MR) is 97.7 cm³/mol. The second-order valence-electron chi connectivity index (χ2n) is 6.54. The van der Waals surface area contributed by atoms with Crippen molar-refractivity contribution in [1.82, 2.24) is 9.88 Å². The number of fused-ring (bicyclic) bond motifs is 1. The van der Waals surface area contributed by atoms with Gasteiger partial charge in [-0.05, 0) is 36.8 Å². The molecule has 2 N–H and O–H groups in total. The van der Waals surface area contributed by atoms with E-state index in [-0.39, 0.29) is 11.9 Å². The number of rotatable bonds is 2. The van der Waals surface area contributed by atoms with Crippen molar-refractivity contribution < 1.29 is 4.79 Å². The van der Waals surface area contributed by atoms with Crippen LogP contribution in [0.4, 0.5) is 0 Å². The minimum Gasteiger partial charge on any atom is -0.337 e. The molecule has 0 bridgehead atoms. The van der Waals surface area contributed by atoms with Crippen LogP contribution in [0, 0.1) is 11.8 Å². The van der Waals surface area contributed by atoms with E-state index in [4.69, 9.17) is 28.9 Å². The van der Waals surface area contributed by atoms with Gasteiger partial charge in [-0.25, -0.2) is 4.98 Å². The second kappa shape index (κ2) is 6.30. The molecule has 1 aliphatic heterocycles. The Kier molecular flexibility index (Phi) is 4.29. The molecular formula is C17H17Cl2N3OS. The molecule has 2 aromatic rings. The summed E-state index contributed by atoms with van der Waals surface area (Å²) in [6, 6.07) is 5.61. The van der Waals surface area contributed by atoms with Crippen molar-refractivity contribution >= 4 is 40.4 Å². The number of likely N-dealkylation sites (tertiary alicyclic amines) is 1. The van der Waals surface area contributed by atoms with Crippen LogP contribution in [0.1, 0.15) is 23.3 Å². The van der Waals surface area contributed by atoms with Crippen molar-refractivity contribution in [3.63, 3.8) is 0 Å². The quantitative estimate of drug-likeness (QED) is 0.856. The zero-order valence-corrected chi connectivity index (χ0v) is 15.2. The van der Waals surface area contributed by atoms with Crippen LogP contribution in [0.2, 0.25) is 10.0 Å². The third-order valence-electron chi connectivity index (χ3n) is 5.09. The summed E-state index contributed by atoms with van der Waals surface area (Å²) in [7, 11) is 0. The zero-order chi connectivity index (χ0) is 16.8. The number of hydrogen-bond donors (Lipinski definition) is 1. The molecule has 126 valence electrons. The van der Waals surface area contributed by atoms with E-state index in [1.54, 1.807) is 12.1 Å². The molecule has 1 aromatic heterocycles. The number of hydrogen-bond acceptors (Lipinski definition) is 4. The summed E-state index contributed by atoms with van der Waals surface area (Å²) < 4.78 is 0. The monoisotopic (exact) mass is 381 g/mol. The van der Waals surface area contributed by atoms with Crippen molar-refractivity contribution in [3.05, 3.63) is 39.3 Å². The molecule has 24 heavy (non-hydrogen) atoms. The van der Waals surface area contributed by atoms with Crippen LogP contribution < -0.4 is 5.73 Å². The molecule has 1 amide bonds. The van der Waals surface area contributed by atoms with Gasteiger partial charge in [0, 0.05) is 30.1 Å². The fourth-order valence-corrected chi connectivity index (χ4v) is 4.86. The van der Waals surface area contributed by atoms with Crippen molar-refractivity contribution in [3.8, 4) is 10.6 Å². The lowest BCUT2D eigenvalue weighted by Gasteiger charge is -2.17. The highest BCUT2D eigenvalue weighted by Gasteiger charge is 2.42. The third kappa shape index (κ3) is 2.84. The molecule has 1 saturated heterocycles. The van der Waals surface area contributed by atoms with E-state index in [0.29, 0.717) is 27.6 Å². The molecule has 7 heteroatoms. The first-order chi connectivity index (χ1) is 11.5. The Morgan fingerprint density at radius 1 is 1.25 bits per heavy atom. The summed E-state index contributed by atoms with van der Waals surface area (Å²) >= 11 is 13.5. The molecular weight excluding hydrogens is 365 g/mol. The van der Waals surface area contributed by atoms with E-state index in [9.17, 15) is 4.79 Å². The first-order valence-corrected chi connectivity index (χ1v) is 9.62. The van der Waals surface area contributed by atoms with Gasteiger partial charge in [-0.15, -0.1) is 11.3 Å². The molecule has 0 spiro atoms. The molecule has 1 aliphatic carbocycles. The van der Waals surface area contributed by atoms with Gasteiger partial charge < -0.3 is 10.6 Å². The van der Waals surface area contributed by atoms with Crippen LogP contribution >= 0.6 is 34.5 Å². The molecule has 0 radical (unpaired) electrons. The number of halogens is 2. The second-order valence-corrected chi connectivity index (χ2v) is 8.21. The lowest BCUT2D eigenvalue weighted by atomic mass is 9.98. The number of benzene rings is 1. The Morgan fingerprint density at radius 3 is 2.83 bits per heavy atom. The normalized spacial score (nSPS) is 26.0. The Balaban J connectivity index is 1.52. The lowest BCUT2D eigenvalue weighted by molar-refractivity contribution is 0.0774. The molecule has 2 aliphatic rings. The topological polar surface area (TPSA) is 59.2 Å². The average molecular weight is 382 g/mol. The number of thiazole rings is 1. The average Bonchev–Trinajstić information content (AvgIpc) is 3.27. The van der Waals surface area contributed by atoms with Crippen LogP contribution in [0.3, 0.4) is 0 Å². The summed E-state index contributed by atoms with van der Waals surface area (Å²) in [5, 5.41) is 3.58. The zero-order valence-electron chi connectivity index (χ0n) is 12.9. The fraction of sp³-hybridized carbons (Fsp3) is 0.412. The summed E-state index contributed by atoms with van der Waals surface area (Å²) in [5.74, 6) is 0.999. The van der Waals surface area contributed by atoms with Gasteiger partial charge in [-0.1, -0.05) is 29.3 Å². The molecule has 1 aromatic carbocycles. The number of carbonyl (C=O) groups excluding carboxylic acids is 1. The predicted octanol–water partition coefficient (Wildman–Crippen LogP) is 3.93. The van der Waals surface area contributed by atoms with E-state index >= 15 is 0 Å². The van der Waals surface area contributed by atoms with Gasteiger partial charge in [-0.3, -0.25) is 4.79 Å².